The minimum Gasteiger partial charge on any atom is -0.508 e. The highest BCUT2D eigenvalue weighted by Gasteiger charge is 2.25. The topological polar surface area (TPSA) is 49.8 Å². The molecule has 4 heteroatoms. The molecule has 1 aromatic rings. The zero-order chi connectivity index (χ0) is 13.7. The maximum absolute atomic E-state index is 11.6. The van der Waals surface area contributed by atoms with Crippen LogP contribution in [0.5, 0.6) is 5.75 Å². The van der Waals surface area contributed by atoms with Gasteiger partial charge in [-0.05, 0) is 50.6 Å². The molecule has 0 amide bonds. The van der Waals surface area contributed by atoms with Gasteiger partial charge in [-0.15, -0.1) is 0 Å². The second-order valence-corrected chi connectivity index (χ2v) is 4.97. The third-order valence-electron chi connectivity index (χ3n) is 3.55. The predicted octanol–water partition coefficient (Wildman–Crippen LogP) is 2.17. The molecule has 0 saturated carbocycles. The van der Waals surface area contributed by atoms with Crippen molar-refractivity contribution in [3.63, 3.8) is 0 Å². The van der Waals surface area contributed by atoms with Crippen molar-refractivity contribution in [1.82, 2.24) is 4.90 Å². The highest BCUT2D eigenvalue weighted by molar-refractivity contribution is 5.72. The highest BCUT2D eigenvalue weighted by atomic mass is 16.5. The Morgan fingerprint density at radius 3 is 2.53 bits per heavy atom. The number of carbonyl (C=O) groups is 1. The van der Waals surface area contributed by atoms with Crippen molar-refractivity contribution in [3.05, 3.63) is 29.8 Å². The maximum Gasteiger partial charge on any atom is 0.309 e. The van der Waals surface area contributed by atoms with E-state index in [2.05, 4.69) is 4.90 Å². The Morgan fingerprint density at radius 2 is 1.95 bits per heavy atom. The number of rotatable bonds is 4. The average molecular weight is 263 g/mol. The molecular weight excluding hydrogens is 242 g/mol. The summed E-state index contributed by atoms with van der Waals surface area (Å²) in [7, 11) is 0. The van der Waals surface area contributed by atoms with E-state index in [0.29, 0.717) is 12.4 Å². The molecule has 1 aliphatic rings. The number of aromatic hydroxyl groups is 1. The van der Waals surface area contributed by atoms with Crippen molar-refractivity contribution in [2.45, 2.75) is 26.3 Å². The normalized spacial score (nSPS) is 17.3. The lowest BCUT2D eigenvalue weighted by molar-refractivity contribution is -0.149. The molecule has 0 spiro atoms. The van der Waals surface area contributed by atoms with Crippen LogP contribution in [0.15, 0.2) is 24.3 Å². The van der Waals surface area contributed by atoms with Crippen LogP contribution in [0.2, 0.25) is 0 Å². The Balaban J connectivity index is 1.80. The molecule has 104 valence electrons. The van der Waals surface area contributed by atoms with Crippen molar-refractivity contribution in [2.24, 2.45) is 5.92 Å². The Labute approximate surface area is 114 Å². The number of esters is 1. The van der Waals surface area contributed by atoms with Crippen molar-refractivity contribution in [1.29, 1.82) is 0 Å². The molecule has 0 radical (unpaired) electrons. The predicted molar refractivity (Wildman–Crippen MR) is 72.7 cm³/mol. The third-order valence-corrected chi connectivity index (χ3v) is 3.55. The standard InChI is InChI=1S/C15H21NO3/c1-2-19-15(18)13-7-9-16(10-8-13)11-12-3-5-14(17)6-4-12/h3-6,13,17H,2,7-11H2,1H3. The quantitative estimate of drug-likeness (QED) is 0.846. The number of ether oxygens (including phenoxy) is 1. The first-order valence-electron chi connectivity index (χ1n) is 6.86. The lowest BCUT2D eigenvalue weighted by Gasteiger charge is -2.30. The summed E-state index contributed by atoms with van der Waals surface area (Å²) in [5.74, 6) is 0.313. The van der Waals surface area contributed by atoms with Crippen LogP contribution in [0.1, 0.15) is 25.3 Å². The molecule has 1 saturated heterocycles. The van der Waals surface area contributed by atoms with Gasteiger partial charge in [0.15, 0.2) is 0 Å². The molecule has 2 rings (SSSR count). The van der Waals surface area contributed by atoms with Crippen molar-refractivity contribution in [2.75, 3.05) is 19.7 Å². The molecule has 0 aliphatic carbocycles. The summed E-state index contributed by atoms with van der Waals surface area (Å²) >= 11 is 0. The van der Waals surface area contributed by atoms with Gasteiger partial charge in [0, 0.05) is 6.54 Å². The largest absolute Gasteiger partial charge is 0.508 e. The van der Waals surface area contributed by atoms with Gasteiger partial charge >= 0.3 is 5.97 Å². The van der Waals surface area contributed by atoms with Gasteiger partial charge in [0.2, 0.25) is 0 Å². The van der Waals surface area contributed by atoms with E-state index >= 15 is 0 Å². The van der Waals surface area contributed by atoms with Crippen LogP contribution in [0.4, 0.5) is 0 Å². The molecule has 0 unspecified atom stereocenters. The first kappa shape index (κ1) is 13.9. The average Bonchev–Trinajstić information content (AvgIpc) is 2.42. The number of benzene rings is 1. The molecule has 1 heterocycles. The molecule has 1 N–H and O–H groups in total. The van der Waals surface area contributed by atoms with Gasteiger partial charge in [-0.1, -0.05) is 12.1 Å². The second-order valence-electron chi connectivity index (χ2n) is 4.97. The summed E-state index contributed by atoms with van der Waals surface area (Å²) in [5, 5.41) is 9.24. The smallest absolute Gasteiger partial charge is 0.309 e. The van der Waals surface area contributed by atoms with Gasteiger partial charge in [0.25, 0.3) is 0 Å². The van der Waals surface area contributed by atoms with E-state index in [1.54, 1.807) is 12.1 Å². The number of phenols is 1. The van der Waals surface area contributed by atoms with E-state index in [-0.39, 0.29) is 11.9 Å². The molecule has 1 aromatic carbocycles. The third kappa shape index (κ3) is 3.96. The number of nitrogens with zero attached hydrogens (tertiary/aromatic N) is 1. The number of phenolic OH excluding ortho intramolecular Hbond substituents is 1. The lowest BCUT2D eigenvalue weighted by atomic mass is 9.96. The second kappa shape index (κ2) is 6.57. The van der Waals surface area contributed by atoms with Gasteiger partial charge in [-0.3, -0.25) is 9.69 Å². The Bertz CT molecular complexity index is 408. The van der Waals surface area contributed by atoms with Gasteiger partial charge in [-0.25, -0.2) is 0 Å². The molecule has 19 heavy (non-hydrogen) atoms. The van der Waals surface area contributed by atoms with Crippen LogP contribution >= 0.6 is 0 Å². The zero-order valence-electron chi connectivity index (χ0n) is 11.3. The summed E-state index contributed by atoms with van der Waals surface area (Å²) in [4.78, 5) is 14.0. The highest BCUT2D eigenvalue weighted by Crippen LogP contribution is 2.20. The Morgan fingerprint density at radius 1 is 1.32 bits per heavy atom. The zero-order valence-corrected chi connectivity index (χ0v) is 11.3. The Hall–Kier alpha value is -1.55. The van der Waals surface area contributed by atoms with Crippen LogP contribution < -0.4 is 0 Å². The van der Waals surface area contributed by atoms with Crippen LogP contribution in [-0.2, 0) is 16.1 Å². The van der Waals surface area contributed by atoms with Gasteiger partial charge in [-0.2, -0.15) is 0 Å². The monoisotopic (exact) mass is 263 g/mol. The van der Waals surface area contributed by atoms with Crippen LogP contribution in [0.25, 0.3) is 0 Å². The fourth-order valence-corrected chi connectivity index (χ4v) is 2.45. The van der Waals surface area contributed by atoms with Crippen LogP contribution in [0.3, 0.4) is 0 Å². The summed E-state index contributed by atoms with van der Waals surface area (Å²) in [6.07, 6.45) is 1.74. The summed E-state index contributed by atoms with van der Waals surface area (Å²) in [6.45, 7) is 5.02. The number of carbonyl (C=O) groups excluding carboxylic acids is 1. The van der Waals surface area contributed by atoms with E-state index < -0.39 is 0 Å². The summed E-state index contributed by atoms with van der Waals surface area (Å²) in [6, 6.07) is 7.29. The van der Waals surface area contributed by atoms with E-state index in [4.69, 9.17) is 4.74 Å². The first-order valence-corrected chi connectivity index (χ1v) is 6.86. The van der Waals surface area contributed by atoms with Gasteiger partial charge < -0.3 is 9.84 Å². The molecule has 1 fully saturated rings. The SMILES string of the molecule is CCOC(=O)C1CCN(Cc2ccc(O)cc2)CC1. The number of hydrogen-bond donors (Lipinski definition) is 1. The first-order chi connectivity index (χ1) is 9.19. The van der Waals surface area contributed by atoms with Crippen molar-refractivity contribution in [3.8, 4) is 5.75 Å². The number of hydrogen-bond acceptors (Lipinski definition) is 4. The molecule has 4 nitrogen and oxygen atoms in total. The van der Waals surface area contributed by atoms with Crippen molar-refractivity contribution < 1.29 is 14.6 Å². The van der Waals surface area contributed by atoms with E-state index in [1.807, 2.05) is 19.1 Å². The molecule has 0 bridgehead atoms. The summed E-state index contributed by atoms with van der Waals surface area (Å²) in [5.41, 5.74) is 1.19. The van der Waals surface area contributed by atoms with E-state index in [0.717, 1.165) is 32.5 Å². The number of piperidine rings is 1. The van der Waals surface area contributed by atoms with E-state index in [1.165, 1.54) is 5.56 Å². The maximum atomic E-state index is 11.6. The van der Waals surface area contributed by atoms with Gasteiger partial charge in [0.1, 0.15) is 5.75 Å². The fourth-order valence-electron chi connectivity index (χ4n) is 2.45. The van der Waals surface area contributed by atoms with Crippen LogP contribution in [-0.4, -0.2) is 35.7 Å². The van der Waals surface area contributed by atoms with E-state index in [9.17, 15) is 9.90 Å². The van der Waals surface area contributed by atoms with Crippen LogP contribution in [0, 0.1) is 5.92 Å². The number of likely N-dealkylation sites (tertiary alicyclic amines) is 1. The summed E-state index contributed by atoms with van der Waals surface area (Å²) < 4.78 is 5.06. The minimum atomic E-state index is -0.0493. The molecule has 0 atom stereocenters. The molecule has 1 aliphatic heterocycles. The Kier molecular flexibility index (Phi) is 4.80. The minimum absolute atomic E-state index is 0.0493. The lowest BCUT2D eigenvalue weighted by Crippen LogP contribution is -2.36. The fraction of sp³-hybridized carbons (Fsp3) is 0.533. The molecular formula is C15H21NO3. The van der Waals surface area contributed by atoms with Crippen molar-refractivity contribution >= 4 is 5.97 Å². The van der Waals surface area contributed by atoms with Gasteiger partial charge in [0.05, 0.1) is 12.5 Å². The molecule has 0 aromatic heterocycles.